The number of hydrogen-bond donors (Lipinski definition) is 2. The highest BCUT2D eigenvalue weighted by atomic mass is 16.5. The van der Waals surface area contributed by atoms with E-state index in [0.29, 0.717) is 49.6 Å². The number of likely N-dealkylation sites (tertiary alicyclic amines) is 1. The van der Waals surface area contributed by atoms with Gasteiger partial charge in [-0.05, 0) is 68.3 Å². The molecule has 1 atom stereocenters. The molecule has 1 aliphatic heterocycles. The highest BCUT2D eigenvalue weighted by Crippen LogP contribution is 2.22. The normalized spacial score (nSPS) is 14.7. The summed E-state index contributed by atoms with van der Waals surface area (Å²) >= 11 is 0. The van der Waals surface area contributed by atoms with Crippen molar-refractivity contribution in [2.45, 2.75) is 38.5 Å². The van der Waals surface area contributed by atoms with E-state index in [-0.39, 0.29) is 12.0 Å². The van der Waals surface area contributed by atoms with Crippen molar-refractivity contribution in [3.8, 4) is 23.2 Å². The molecule has 0 unspecified atom stereocenters. The Morgan fingerprint density at radius 1 is 1.08 bits per heavy atom. The molecule has 1 saturated heterocycles. The summed E-state index contributed by atoms with van der Waals surface area (Å²) in [5.41, 5.74) is 3.94. The molecular formula is C29H28N4O4. The molecule has 8 nitrogen and oxygen atoms in total. The first-order valence-corrected chi connectivity index (χ1v) is 12.3. The van der Waals surface area contributed by atoms with Crippen LogP contribution in [0.25, 0.3) is 11.3 Å². The number of hydrogen-bond acceptors (Lipinski definition) is 6. The topological polar surface area (TPSA) is 105 Å². The number of nitrogens with zero attached hydrogens (tertiary/aromatic N) is 4. The molecule has 1 amide bonds. The summed E-state index contributed by atoms with van der Waals surface area (Å²) in [7, 11) is 0. The molecular weight excluding hydrogens is 468 g/mol. The second-order valence-electron chi connectivity index (χ2n) is 9.20. The predicted octanol–water partition coefficient (Wildman–Crippen LogP) is 3.64. The maximum Gasteiger partial charge on any atom is 0.253 e. The molecule has 8 heteroatoms. The molecule has 2 N–H and O–H groups in total. The number of rotatable bonds is 5. The zero-order valence-electron chi connectivity index (χ0n) is 20.5. The van der Waals surface area contributed by atoms with Gasteiger partial charge in [0.15, 0.2) is 5.76 Å². The van der Waals surface area contributed by atoms with Crippen LogP contribution in [0.5, 0.6) is 0 Å². The standard InChI is InChI=1S/C29H28N4O4/c1-20(34)28-30-14-17-33(28)19-25-18-27(37-31-25)23-8-4-21(5-9-23)2-3-22-6-10-24(11-7-22)29(36)32-15-12-26(35)13-16-32/h4-11,14,17-18,20,26,34-35H,12-13,15-16,19H2,1H3/t20-/m0/s1. The number of aliphatic hydroxyl groups excluding tert-OH is 2. The zero-order valence-corrected chi connectivity index (χ0v) is 20.5. The van der Waals surface area contributed by atoms with Crippen LogP contribution in [0.1, 0.15) is 58.9 Å². The fourth-order valence-corrected chi connectivity index (χ4v) is 4.33. The van der Waals surface area contributed by atoms with E-state index in [1.54, 1.807) is 36.4 Å². The van der Waals surface area contributed by atoms with Crippen LogP contribution in [0.3, 0.4) is 0 Å². The number of benzene rings is 2. The van der Waals surface area contributed by atoms with E-state index in [2.05, 4.69) is 22.0 Å². The second kappa shape index (κ2) is 10.8. The second-order valence-corrected chi connectivity index (χ2v) is 9.20. The van der Waals surface area contributed by atoms with Crippen molar-refractivity contribution in [2.75, 3.05) is 13.1 Å². The van der Waals surface area contributed by atoms with E-state index in [0.717, 1.165) is 22.4 Å². The number of aromatic nitrogens is 3. The van der Waals surface area contributed by atoms with E-state index >= 15 is 0 Å². The smallest absolute Gasteiger partial charge is 0.253 e. The summed E-state index contributed by atoms with van der Waals surface area (Å²) in [6, 6.07) is 16.9. The molecule has 188 valence electrons. The molecule has 37 heavy (non-hydrogen) atoms. The average molecular weight is 497 g/mol. The Bertz CT molecular complexity index is 1420. The quantitative estimate of drug-likeness (QED) is 0.409. The lowest BCUT2D eigenvalue weighted by Crippen LogP contribution is -2.40. The number of aliphatic hydroxyl groups is 2. The Morgan fingerprint density at radius 2 is 1.73 bits per heavy atom. The first kappa shape index (κ1) is 24.5. The van der Waals surface area contributed by atoms with Crippen LogP contribution in [-0.4, -0.2) is 54.9 Å². The minimum absolute atomic E-state index is 0.00834. The number of imidazole rings is 1. The van der Waals surface area contributed by atoms with Gasteiger partial charge in [0.05, 0.1) is 12.6 Å². The monoisotopic (exact) mass is 496 g/mol. The van der Waals surface area contributed by atoms with Crippen molar-refractivity contribution in [1.82, 2.24) is 19.6 Å². The molecule has 5 rings (SSSR count). The fourth-order valence-electron chi connectivity index (χ4n) is 4.33. The van der Waals surface area contributed by atoms with Gasteiger partial charge in [-0.25, -0.2) is 4.98 Å². The van der Waals surface area contributed by atoms with Crippen LogP contribution in [0, 0.1) is 11.8 Å². The van der Waals surface area contributed by atoms with E-state index in [1.165, 1.54) is 0 Å². The van der Waals surface area contributed by atoms with Gasteiger partial charge >= 0.3 is 0 Å². The van der Waals surface area contributed by atoms with Crippen LogP contribution in [0.4, 0.5) is 0 Å². The van der Waals surface area contributed by atoms with E-state index in [1.807, 2.05) is 47.0 Å². The predicted molar refractivity (Wildman–Crippen MR) is 137 cm³/mol. The summed E-state index contributed by atoms with van der Waals surface area (Å²) in [6.07, 6.45) is 3.74. The minimum Gasteiger partial charge on any atom is -0.393 e. The van der Waals surface area contributed by atoms with Crippen molar-refractivity contribution in [3.05, 3.63) is 95.2 Å². The van der Waals surface area contributed by atoms with Gasteiger partial charge in [0.1, 0.15) is 17.6 Å². The molecule has 0 bridgehead atoms. The maximum absolute atomic E-state index is 12.7. The summed E-state index contributed by atoms with van der Waals surface area (Å²) < 4.78 is 7.36. The van der Waals surface area contributed by atoms with Crippen LogP contribution < -0.4 is 0 Å². The van der Waals surface area contributed by atoms with Gasteiger partial charge in [0.25, 0.3) is 5.91 Å². The highest BCUT2D eigenvalue weighted by molar-refractivity contribution is 5.94. The van der Waals surface area contributed by atoms with Crippen molar-refractivity contribution < 1.29 is 19.5 Å². The van der Waals surface area contributed by atoms with Gasteiger partial charge < -0.3 is 24.2 Å². The average Bonchev–Trinajstić information content (AvgIpc) is 3.58. The minimum atomic E-state index is -0.661. The van der Waals surface area contributed by atoms with Crippen molar-refractivity contribution in [2.24, 2.45) is 0 Å². The molecule has 2 aromatic carbocycles. The molecule has 0 saturated carbocycles. The fraction of sp³-hybridized carbons (Fsp3) is 0.276. The van der Waals surface area contributed by atoms with Crippen LogP contribution >= 0.6 is 0 Å². The van der Waals surface area contributed by atoms with Crippen molar-refractivity contribution in [3.63, 3.8) is 0 Å². The Hall–Kier alpha value is -4.19. The van der Waals surface area contributed by atoms with Gasteiger partial charge in [-0.15, -0.1) is 0 Å². The van der Waals surface area contributed by atoms with E-state index in [9.17, 15) is 15.0 Å². The Morgan fingerprint density at radius 3 is 2.38 bits per heavy atom. The number of carbonyl (C=O) groups excluding carboxylic acids is 1. The Labute approximate surface area is 215 Å². The summed E-state index contributed by atoms with van der Waals surface area (Å²) in [5, 5.41) is 23.6. The Balaban J connectivity index is 1.21. The third kappa shape index (κ3) is 5.80. The lowest BCUT2D eigenvalue weighted by Gasteiger charge is -2.29. The molecule has 3 heterocycles. The lowest BCUT2D eigenvalue weighted by molar-refractivity contribution is 0.0546. The van der Waals surface area contributed by atoms with Gasteiger partial charge in [0.2, 0.25) is 0 Å². The summed E-state index contributed by atoms with van der Waals surface area (Å²) in [5.74, 6) is 7.52. The molecule has 0 spiro atoms. The van der Waals surface area contributed by atoms with E-state index in [4.69, 9.17) is 4.52 Å². The lowest BCUT2D eigenvalue weighted by atomic mass is 10.1. The number of carbonyl (C=O) groups is 1. The molecule has 0 radical (unpaired) electrons. The third-order valence-corrected chi connectivity index (χ3v) is 6.42. The number of amides is 1. The van der Waals surface area contributed by atoms with Gasteiger partial charge in [-0.1, -0.05) is 17.0 Å². The highest BCUT2D eigenvalue weighted by Gasteiger charge is 2.22. The van der Waals surface area contributed by atoms with Crippen molar-refractivity contribution >= 4 is 5.91 Å². The molecule has 2 aromatic heterocycles. The third-order valence-electron chi connectivity index (χ3n) is 6.42. The van der Waals surface area contributed by atoms with Crippen LogP contribution in [-0.2, 0) is 6.54 Å². The van der Waals surface area contributed by atoms with Crippen LogP contribution in [0.15, 0.2) is 71.5 Å². The maximum atomic E-state index is 12.7. The SMILES string of the molecule is C[C@H](O)c1nccn1Cc1cc(-c2ccc(C#Cc3ccc(C(=O)N4CCC(O)CC4)cc3)cc2)on1. The first-order valence-electron chi connectivity index (χ1n) is 12.3. The van der Waals surface area contributed by atoms with Crippen LogP contribution in [0.2, 0.25) is 0 Å². The summed E-state index contributed by atoms with van der Waals surface area (Å²) in [4.78, 5) is 18.6. The molecule has 1 aliphatic rings. The first-order chi connectivity index (χ1) is 18.0. The molecule has 4 aromatic rings. The van der Waals surface area contributed by atoms with Crippen molar-refractivity contribution in [1.29, 1.82) is 0 Å². The van der Waals surface area contributed by atoms with Gasteiger partial charge in [-0.2, -0.15) is 0 Å². The zero-order chi connectivity index (χ0) is 25.8. The number of piperidine rings is 1. The van der Waals surface area contributed by atoms with Gasteiger partial charge in [0, 0.05) is 53.8 Å². The Kier molecular flexibility index (Phi) is 7.17. The molecule has 1 fully saturated rings. The largest absolute Gasteiger partial charge is 0.393 e. The summed E-state index contributed by atoms with van der Waals surface area (Å²) in [6.45, 7) is 3.30. The molecule has 0 aliphatic carbocycles. The van der Waals surface area contributed by atoms with Gasteiger partial charge in [-0.3, -0.25) is 4.79 Å². The van der Waals surface area contributed by atoms with E-state index < -0.39 is 6.10 Å².